The van der Waals surface area contributed by atoms with Crippen molar-refractivity contribution in [1.29, 1.82) is 0 Å². The van der Waals surface area contributed by atoms with Crippen molar-refractivity contribution < 1.29 is 28.2 Å². The fraction of sp³-hybridized carbons (Fsp3) is 0.727. The summed E-state index contributed by atoms with van der Waals surface area (Å²) in [6.45, 7) is 2.14. The van der Waals surface area contributed by atoms with Crippen molar-refractivity contribution in [3.8, 4) is 0 Å². The molecule has 0 aromatic rings. The van der Waals surface area contributed by atoms with Crippen molar-refractivity contribution in [2.75, 3.05) is 6.61 Å². The average molecular weight is 261 g/mol. The van der Waals surface area contributed by atoms with E-state index >= 15 is 0 Å². The van der Waals surface area contributed by atoms with E-state index in [9.17, 15) is 18.8 Å². The molecule has 0 aromatic heterocycles. The van der Waals surface area contributed by atoms with Gasteiger partial charge in [-0.3, -0.25) is 14.4 Å². The Labute approximate surface area is 104 Å². The lowest BCUT2D eigenvalue weighted by Crippen LogP contribution is -2.32. The second kappa shape index (κ2) is 5.79. The zero-order valence-electron chi connectivity index (χ0n) is 10.2. The molecule has 7 heteroatoms. The number of nitrogens with two attached hydrogens (primary N) is 1. The van der Waals surface area contributed by atoms with E-state index in [2.05, 4.69) is 0 Å². The molecule has 0 heterocycles. The Bertz CT molecular complexity index is 359. The topological polar surface area (TPSA) is 95.7 Å². The minimum atomic E-state index is -1.58. The lowest BCUT2D eigenvalue weighted by Gasteiger charge is -2.20. The molecular weight excluding hydrogens is 245 g/mol. The van der Waals surface area contributed by atoms with Gasteiger partial charge in [-0.1, -0.05) is 0 Å². The first kappa shape index (κ1) is 14.4. The van der Waals surface area contributed by atoms with Gasteiger partial charge in [0.2, 0.25) is 5.91 Å². The third-order valence-corrected chi connectivity index (χ3v) is 2.92. The summed E-state index contributed by atoms with van der Waals surface area (Å²) in [7, 11) is 0. The zero-order chi connectivity index (χ0) is 13.9. The number of hydrogen-bond donors (Lipinski definition) is 1. The van der Waals surface area contributed by atoms with Gasteiger partial charge in [-0.15, -0.1) is 0 Å². The molecule has 0 aromatic carbocycles. The molecule has 18 heavy (non-hydrogen) atoms. The molecule has 1 rings (SSSR count). The average Bonchev–Trinajstić information content (AvgIpc) is 2.52. The SMILES string of the molecule is CC(=O)OC[C@H]1[C@H](F)[C@@H](C(N)=O)C[C@H]1OC(C)=O. The number of esters is 2. The quantitative estimate of drug-likeness (QED) is 0.715. The molecule has 1 amide bonds. The van der Waals surface area contributed by atoms with Crippen LogP contribution in [0.5, 0.6) is 0 Å². The van der Waals surface area contributed by atoms with Crippen LogP contribution in [0.25, 0.3) is 0 Å². The largest absolute Gasteiger partial charge is 0.465 e. The summed E-state index contributed by atoms with van der Waals surface area (Å²) in [6, 6.07) is 0. The highest BCUT2D eigenvalue weighted by molar-refractivity contribution is 5.78. The van der Waals surface area contributed by atoms with Crippen LogP contribution in [0.1, 0.15) is 20.3 Å². The van der Waals surface area contributed by atoms with Crippen LogP contribution in [0.15, 0.2) is 0 Å². The fourth-order valence-corrected chi connectivity index (χ4v) is 2.09. The molecule has 102 valence electrons. The number of rotatable bonds is 4. The maximum Gasteiger partial charge on any atom is 0.302 e. The summed E-state index contributed by atoms with van der Waals surface area (Å²) < 4.78 is 23.6. The van der Waals surface area contributed by atoms with Gasteiger partial charge in [-0.2, -0.15) is 0 Å². The fourth-order valence-electron chi connectivity index (χ4n) is 2.09. The molecule has 1 aliphatic rings. The van der Waals surface area contributed by atoms with Gasteiger partial charge in [-0.25, -0.2) is 4.39 Å². The molecule has 1 fully saturated rings. The van der Waals surface area contributed by atoms with Gasteiger partial charge < -0.3 is 15.2 Å². The van der Waals surface area contributed by atoms with E-state index in [1.165, 1.54) is 13.8 Å². The summed E-state index contributed by atoms with van der Waals surface area (Å²) >= 11 is 0. The Morgan fingerprint density at radius 1 is 1.28 bits per heavy atom. The number of primary amides is 1. The van der Waals surface area contributed by atoms with Crippen LogP contribution in [0.2, 0.25) is 0 Å². The molecule has 0 saturated heterocycles. The van der Waals surface area contributed by atoms with Crippen molar-refractivity contribution in [3.63, 3.8) is 0 Å². The van der Waals surface area contributed by atoms with E-state index in [0.717, 1.165) is 0 Å². The molecule has 0 bridgehead atoms. The van der Waals surface area contributed by atoms with Crippen LogP contribution >= 0.6 is 0 Å². The van der Waals surface area contributed by atoms with Gasteiger partial charge in [0.1, 0.15) is 18.9 Å². The molecule has 4 atom stereocenters. The van der Waals surface area contributed by atoms with E-state index in [1.807, 2.05) is 0 Å². The molecule has 0 spiro atoms. The smallest absolute Gasteiger partial charge is 0.302 e. The minimum Gasteiger partial charge on any atom is -0.465 e. The van der Waals surface area contributed by atoms with E-state index < -0.39 is 42.0 Å². The highest BCUT2D eigenvalue weighted by Gasteiger charge is 2.48. The van der Waals surface area contributed by atoms with Crippen LogP contribution < -0.4 is 5.73 Å². The van der Waals surface area contributed by atoms with Crippen molar-refractivity contribution >= 4 is 17.8 Å². The van der Waals surface area contributed by atoms with Crippen molar-refractivity contribution in [2.45, 2.75) is 32.5 Å². The number of ether oxygens (including phenoxy) is 2. The Morgan fingerprint density at radius 3 is 2.33 bits per heavy atom. The van der Waals surface area contributed by atoms with Crippen LogP contribution in [-0.4, -0.2) is 36.7 Å². The lowest BCUT2D eigenvalue weighted by molar-refractivity contribution is -0.152. The number of alkyl halides is 1. The second-order valence-corrected chi connectivity index (χ2v) is 4.30. The molecule has 1 saturated carbocycles. The van der Waals surface area contributed by atoms with Gasteiger partial charge in [-0.05, 0) is 6.42 Å². The monoisotopic (exact) mass is 261 g/mol. The molecule has 2 N–H and O–H groups in total. The first-order valence-electron chi connectivity index (χ1n) is 5.57. The van der Waals surface area contributed by atoms with Crippen molar-refractivity contribution in [2.24, 2.45) is 17.6 Å². The van der Waals surface area contributed by atoms with Crippen LogP contribution in [-0.2, 0) is 23.9 Å². The van der Waals surface area contributed by atoms with Gasteiger partial charge in [0.25, 0.3) is 0 Å². The van der Waals surface area contributed by atoms with E-state index in [4.69, 9.17) is 15.2 Å². The van der Waals surface area contributed by atoms with Gasteiger partial charge >= 0.3 is 11.9 Å². The Kier molecular flexibility index (Phi) is 4.63. The second-order valence-electron chi connectivity index (χ2n) is 4.30. The minimum absolute atomic E-state index is 0.0159. The van der Waals surface area contributed by atoms with Crippen molar-refractivity contribution in [1.82, 2.24) is 0 Å². The maximum atomic E-state index is 14.0. The summed E-state index contributed by atoms with van der Waals surface area (Å²) in [5.41, 5.74) is 5.07. The van der Waals surface area contributed by atoms with Gasteiger partial charge in [0, 0.05) is 13.8 Å². The number of carbonyl (C=O) groups excluding carboxylic acids is 3. The summed E-state index contributed by atoms with van der Waals surface area (Å²) in [5.74, 6) is -3.80. The van der Waals surface area contributed by atoms with E-state index in [-0.39, 0.29) is 13.0 Å². The molecule has 0 unspecified atom stereocenters. The zero-order valence-corrected chi connectivity index (χ0v) is 10.2. The maximum absolute atomic E-state index is 14.0. The standard InChI is InChI=1S/C11H16FNO5/c1-5(14)17-4-8-9(18-6(2)15)3-7(10(8)12)11(13)16/h7-10H,3-4H2,1-2H3,(H2,13,16)/t7-,8+,9+,10+/m0/s1. The normalized spacial score (nSPS) is 30.8. The summed E-state index contributed by atoms with van der Waals surface area (Å²) in [4.78, 5) is 32.7. The third kappa shape index (κ3) is 3.41. The highest BCUT2D eigenvalue weighted by atomic mass is 19.1. The molecule has 0 radical (unpaired) electrons. The first-order valence-corrected chi connectivity index (χ1v) is 5.57. The summed E-state index contributed by atoms with van der Waals surface area (Å²) in [6.07, 6.45) is -2.36. The Hall–Kier alpha value is -1.66. The van der Waals surface area contributed by atoms with Gasteiger partial charge in [0.15, 0.2) is 0 Å². The van der Waals surface area contributed by atoms with Crippen LogP contribution in [0, 0.1) is 11.8 Å². The number of amides is 1. The lowest BCUT2D eigenvalue weighted by atomic mass is 10.0. The Morgan fingerprint density at radius 2 is 1.89 bits per heavy atom. The molecule has 1 aliphatic carbocycles. The number of carbonyl (C=O) groups is 3. The predicted molar refractivity (Wildman–Crippen MR) is 57.9 cm³/mol. The third-order valence-electron chi connectivity index (χ3n) is 2.92. The highest BCUT2D eigenvalue weighted by Crippen LogP contribution is 2.36. The van der Waals surface area contributed by atoms with E-state index in [1.54, 1.807) is 0 Å². The van der Waals surface area contributed by atoms with E-state index in [0.29, 0.717) is 0 Å². The van der Waals surface area contributed by atoms with Crippen LogP contribution in [0.4, 0.5) is 4.39 Å². The van der Waals surface area contributed by atoms with Crippen LogP contribution in [0.3, 0.4) is 0 Å². The predicted octanol–water partition coefficient (Wildman–Crippen LogP) is -0.0593. The van der Waals surface area contributed by atoms with Gasteiger partial charge in [0.05, 0.1) is 11.8 Å². The number of halogens is 1. The molecular formula is C11H16FNO5. The molecule has 6 nitrogen and oxygen atoms in total. The Balaban J connectivity index is 2.75. The first-order chi connectivity index (χ1) is 8.32. The number of hydrogen-bond acceptors (Lipinski definition) is 5. The molecule has 0 aliphatic heterocycles. The van der Waals surface area contributed by atoms with Crippen molar-refractivity contribution in [3.05, 3.63) is 0 Å². The summed E-state index contributed by atoms with van der Waals surface area (Å²) in [5, 5.41) is 0.